The Morgan fingerprint density at radius 2 is 2.07 bits per heavy atom. The molecule has 2 aromatic rings. The van der Waals surface area contributed by atoms with Crippen molar-refractivity contribution in [1.29, 1.82) is 0 Å². The number of rotatable bonds is 3. The Hall–Kier alpha value is -3.56. The summed E-state index contributed by atoms with van der Waals surface area (Å²) in [4.78, 5) is 38.6. The van der Waals surface area contributed by atoms with Gasteiger partial charge in [0.05, 0.1) is 11.8 Å². The van der Waals surface area contributed by atoms with E-state index < -0.39 is 23.2 Å². The van der Waals surface area contributed by atoms with Crippen molar-refractivity contribution in [2.24, 2.45) is 12.1 Å². The van der Waals surface area contributed by atoms with Crippen LogP contribution in [0.3, 0.4) is 0 Å². The van der Waals surface area contributed by atoms with Crippen molar-refractivity contribution >= 4 is 11.6 Å². The zero-order valence-electron chi connectivity index (χ0n) is 15.3. The second kappa shape index (κ2) is 6.55. The maximum atomic E-state index is 12.5. The van der Waals surface area contributed by atoms with Gasteiger partial charge in [0.15, 0.2) is 11.5 Å². The number of amides is 1. The number of aromatic nitrogens is 2. The van der Waals surface area contributed by atoms with Crippen LogP contribution < -0.4 is 20.7 Å². The Kier molecular flexibility index (Phi) is 4.17. The lowest BCUT2D eigenvalue weighted by atomic mass is 9.98. The molecule has 0 saturated heterocycles. The molecule has 28 heavy (non-hydrogen) atoms. The van der Waals surface area contributed by atoms with Gasteiger partial charge in [0.2, 0.25) is 18.6 Å². The summed E-state index contributed by atoms with van der Waals surface area (Å²) in [5, 5.41) is 15.9. The SMILES string of the molecule is CCC(=O)N1N=C(c2c(O)n(C)c(=O)[nH]c2=O)CC1c1ccc2c(c1)OCO2. The van der Waals surface area contributed by atoms with Gasteiger partial charge in [-0.1, -0.05) is 13.0 Å². The fourth-order valence-corrected chi connectivity index (χ4v) is 3.30. The largest absolute Gasteiger partial charge is 0.494 e. The molecule has 1 unspecified atom stereocenters. The second-order valence-electron chi connectivity index (χ2n) is 6.49. The number of aromatic amines is 1. The number of hydrogen-bond acceptors (Lipinski definition) is 7. The van der Waals surface area contributed by atoms with Gasteiger partial charge in [-0.2, -0.15) is 5.10 Å². The van der Waals surface area contributed by atoms with Gasteiger partial charge < -0.3 is 14.6 Å². The number of nitrogens with one attached hydrogen (secondary N) is 1. The Labute approximate surface area is 158 Å². The third-order valence-corrected chi connectivity index (χ3v) is 4.83. The predicted octanol–water partition coefficient (Wildman–Crippen LogP) is 0.596. The molecule has 4 rings (SSSR count). The minimum atomic E-state index is -0.755. The van der Waals surface area contributed by atoms with E-state index in [1.165, 1.54) is 12.1 Å². The van der Waals surface area contributed by atoms with E-state index in [2.05, 4.69) is 10.1 Å². The number of hydrazone groups is 1. The number of benzene rings is 1. The minimum Gasteiger partial charge on any atom is -0.494 e. The number of hydrogen-bond donors (Lipinski definition) is 2. The summed E-state index contributed by atoms with van der Waals surface area (Å²) in [5.41, 5.74) is -0.642. The maximum absolute atomic E-state index is 12.5. The molecular weight excluding hydrogens is 368 g/mol. The molecule has 10 nitrogen and oxygen atoms in total. The van der Waals surface area contributed by atoms with Crippen LogP contribution in [-0.4, -0.2) is 38.1 Å². The summed E-state index contributed by atoms with van der Waals surface area (Å²) in [7, 11) is 1.33. The molecule has 0 aliphatic carbocycles. The fraction of sp³-hybridized carbons (Fsp3) is 0.333. The Morgan fingerprint density at radius 1 is 1.32 bits per heavy atom. The molecule has 10 heteroatoms. The third-order valence-electron chi connectivity index (χ3n) is 4.83. The molecule has 0 saturated carbocycles. The van der Waals surface area contributed by atoms with Crippen LogP contribution in [0.15, 0.2) is 32.9 Å². The van der Waals surface area contributed by atoms with E-state index in [9.17, 15) is 19.5 Å². The monoisotopic (exact) mass is 386 g/mol. The van der Waals surface area contributed by atoms with Gasteiger partial charge in [0.1, 0.15) is 5.56 Å². The first kappa shape index (κ1) is 17.8. The quantitative estimate of drug-likeness (QED) is 0.795. The van der Waals surface area contributed by atoms with Crippen LogP contribution in [0.1, 0.15) is 36.9 Å². The van der Waals surface area contributed by atoms with Crippen molar-refractivity contribution < 1.29 is 19.4 Å². The predicted molar refractivity (Wildman–Crippen MR) is 97.6 cm³/mol. The van der Waals surface area contributed by atoms with Crippen molar-refractivity contribution in [2.75, 3.05) is 6.79 Å². The Morgan fingerprint density at radius 3 is 2.82 bits per heavy atom. The average Bonchev–Trinajstić information content (AvgIpc) is 3.32. The van der Waals surface area contributed by atoms with Gasteiger partial charge in [-0.3, -0.25) is 19.1 Å². The Bertz CT molecular complexity index is 1120. The van der Waals surface area contributed by atoms with Gasteiger partial charge in [-0.25, -0.2) is 9.80 Å². The topological polar surface area (TPSA) is 126 Å². The smallest absolute Gasteiger partial charge is 0.330 e. The summed E-state index contributed by atoms with van der Waals surface area (Å²) in [6.45, 7) is 1.84. The van der Waals surface area contributed by atoms with Crippen molar-refractivity contribution in [2.45, 2.75) is 25.8 Å². The summed E-state index contributed by atoms with van der Waals surface area (Å²) < 4.78 is 11.6. The lowest BCUT2D eigenvalue weighted by Crippen LogP contribution is -2.32. The van der Waals surface area contributed by atoms with E-state index in [0.29, 0.717) is 11.5 Å². The van der Waals surface area contributed by atoms with Gasteiger partial charge in [0.25, 0.3) is 5.56 Å². The van der Waals surface area contributed by atoms with E-state index in [-0.39, 0.29) is 36.8 Å². The first-order chi connectivity index (χ1) is 13.4. The molecule has 0 spiro atoms. The van der Waals surface area contributed by atoms with Crippen LogP contribution in [0.4, 0.5) is 0 Å². The molecule has 1 aromatic heterocycles. The number of H-pyrrole nitrogens is 1. The molecule has 2 N–H and O–H groups in total. The molecule has 0 radical (unpaired) electrons. The lowest BCUT2D eigenvalue weighted by Gasteiger charge is -2.21. The second-order valence-corrected chi connectivity index (χ2v) is 6.49. The molecule has 0 fully saturated rings. The van der Waals surface area contributed by atoms with E-state index in [1.54, 1.807) is 25.1 Å². The number of ether oxygens (including phenoxy) is 2. The summed E-state index contributed by atoms with van der Waals surface area (Å²) >= 11 is 0. The maximum Gasteiger partial charge on any atom is 0.330 e. The van der Waals surface area contributed by atoms with Gasteiger partial charge in [-0.15, -0.1) is 0 Å². The highest BCUT2D eigenvalue weighted by molar-refractivity contribution is 6.04. The minimum absolute atomic E-state index is 0.126. The number of nitrogens with zero attached hydrogens (tertiary/aromatic N) is 3. The molecule has 1 atom stereocenters. The number of fused-ring (bicyclic) bond motifs is 1. The fourth-order valence-electron chi connectivity index (χ4n) is 3.30. The van der Waals surface area contributed by atoms with Crippen LogP contribution >= 0.6 is 0 Å². The molecule has 1 amide bonds. The Balaban J connectivity index is 1.78. The van der Waals surface area contributed by atoms with Crippen LogP contribution in [-0.2, 0) is 11.8 Å². The molecule has 2 aliphatic rings. The zero-order valence-corrected chi connectivity index (χ0v) is 15.3. The highest BCUT2D eigenvalue weighted by Gasteiger charge is 2.35. The number of carbonyl (C=O) groups is 1. The number of aromatic hydroxyl groups is 1. The van der Waals surface area contributed by atoms with Crippen molar-refractivity contribution in [3.63, 3.8) is 0 Å². The molecule has 1 aromatic carbocycles. The van der Waals surface area contributed by atoms with Crippen LogP contribution in [0.2, 0.25) is 0 Å². The van der Waals surface area contributed by atoms with Crippen LogP contribution in [0, 0.1) is 0 Å². The van der Waals surface area contributed by atoms with Crippen LogP contribution in [0.5, 0.6) is 17.4 Å². The lowest BCUT2D eigenvalue weighted by molar-refractivity contribution is -0.132. The van der Waals surface area contributed by atoms with Gasteiger partial charge in [0, 0.05) is 19.9 Å². The highest BCUT2D eigenvalue weighted by Crippen LogP contribution is 2.39. The summed E-state index contributed by atoms with van der Waals surface area (Å²) in [6, 6.07) is 4.85. The molecule has 3 heterocycles. The molecule has 146 valence electrons. The van der Waals surface area contributed by atoms with E-state index in [4.69, 9.17) is 9.47 Å². The van der Waals surface area contributed by atoms with Crippen molar-refractivity contribution in [3.05, 3.63) is 50.2 Å². The van der Waals surface area contributed by atoms with Crippen LogP contribution in [0.25, 0.3) is 0 Å². The summed E-state index contributed by atoms with van der Waals surface area (Å²) in [6.07, 6.45) is 0.410. The molecular formula is C18H18N4O6. The molecule has 2 aliphatic heterocycles. The standard InChI is InChI=1S/C18H18N4O6/c1-3-14(23)22-11(9-4-5-12-13(6-9)28-8-27-12)7-10(20-22)15-16(24)19-18(26)21(2)17(15)25/h4-6,11,25H,3,7-8H2,1-2H3,(H,19,24,26). The van der Waals surface area contributed by atoms with Crippen molar-refractivity contribution in [3.8, 4) is 17.4 Å². The molecule has 0 bridgehead atoms. The zero-order chi connectivity index (χ0) is 20.0. The first-order valence-corrected chi connectivity index (χ1v) is 8.72. The normalized spacial score (nSPS) is 17.7. The van der Waals surface area contributed by atoms with E-state index in [0.717, 1.165) is 10.1 Å². The first-order valence-electron chi connectivity index (χ1n) is 8.72. The third kappa shape index (κ3) is 2.73. The van der Waals surface area contributed by atoms with Gasteiger partial charge >= 0.3 is 5.69 Å². The summed E-state index contributed by atoms with van der Waals surface area (Å²) in [5.74, 6) is 0.446. The van der Waals surface area contributed by atoms with Gasteiger partial charge in [-0.05, 0) is 17.7 Å². The number of carbonyl (C=O) groups excluding carboxylic acids is 1. The highest BCUT2D eigenvalue weighted by atomic mass is 16.7. The average molecular weight is 386 g/mol. The van der Waals surface area contributed by atoms with E-state index in [1.807, 2.05) is 0 Å². The van der Waals surface area contributed by atoms with E-state index >= 15 is 0 Å². The van der Waals surface area contributed by atoms with Crippen molar-refractivity contribution in [1.82, 2.24) is 14.6 Å².